The van der Waals surface area contributed by atoms with Crippen LogP contribution in [0.4, 0.5) is 0 Å². The molecule has 1 aliphatic carbocycles. The molecule has 1 unspecified atom stereocenters. The van der Waals surface area contributed by atoms with Crippen LogP contribution < -0.4 is 0 Å². The third-order valence-corrected chi connectivity index (χ3v) is 3.93. The first-order valence-electron chi connectivity index (χ1n) is 6.69. The Morgan fingerprint density at radius 1 is 1.37 bits per heavy atom. The Morgan fingerprint density at radius 2 is 2.11 bits per heavy atom. The number of carbonyl (C=O) groups is 2. The molecule has 1 saturated heterocycles. The van der Waals surface area contributed by atoms with Crippen molar-refractivity contribution in [2.45, 2.75) is 19.3 Å². The smallest absolute Gasteiger partial charge is 0.319 e. The van der Waals surface area contributed by atoms with Gasteiger partial charge in [0, 0.05) is 26.1 Å². The average molecular weight is 271 g/mol. The van der Waals surface area contributed by atoms with E-state index in [1.54, 1.807) is 12.0 Å². The fourth-order valence-electron chi connectivity index (χ4n) is 2.49. The fraction of sp³-hybridized carbons (Fsp3) is 0.846. The number of nitrogens with zero attached hydrogens (tertiary/aromatic N) is 1. The zero-order valence-corrected chi connectivity index (χ0v) is 11.3. The van der Waals surface area contributed by atoms with Crippen molar-refractivity contribution in [1.82, 2.24) is 4.90 Å². The number of amides is 1. The highest BCUT2D eigenvalue weighted by atomic mass is 16.5. The van der Waals surface area contributed by atoms with Gasteiger partial charge in [0.2, 0.25) is 5.91 Å². The van der Waals surface area contributed by atoms with E-state index in [9.17, 15) is 9.59 Å². The van der Waals surface area contributed by atoms with Crippen molar-refractivity contribution in [3.8, 4) is 0 Å². The summed E-state index contributed by atoms with van der Waals surface area (Å²) in [5.41, 5.74) is -1.11. The lowest BCUT2D eigenvalue weighted by molar-refractivity contribution is -0.153. The molecule has 1 heterocycles. The van der Waals surface area contributed by atoms with Gasteiger partial charge in [0.05, 0.1) is 19.8 Å². The molecule has 2 fully saturated rings. The topological polar surface area (TPSA) is 76.1 Å². The van der Waals surface area contributed by atoms with E-state index in [2.05, 4.69) is 0 Å². The normalized spacial score (nSPS) is 24.5. The molecular weight excluding hydrogens is 250 g/mol. The summed E-state index contributed by atoms with van der Waals surface area (Å²) >= 11 is 0. The van der Waals surface area contributed by atoms with Crippen molar-refractivity contribution in [3.05, 3.63) is 0 Å². The molecule has 1 amide bonds. The molecule has 0 aromatic carbocycles. The molecule has 0 spiro atoms. The predicted octanol–water partition coefficient (Wildman–Crippen LogP) is 0.363. The third kappa shape index (κ3) is 3.06. The van der Waals surface area contributed by atoms with Crippen LogP contribution in [0.25, 0.3) is 0 Å². The number of ether oxygens (including phenoxy) is 2. The Kier molecular flexibility index (Phi) is 4.42. The second-order valence-electron chi connectivity index (χ2n) is 5.36. The lowest BCUT2D eigenvalue weighted by Gasteiger charge is -2.20. The maximum absolute atomic E-state index is 12.2. The van der Waals surface area contributed by atoms with Crippen molar-refractivity contribution in [1.29, 1.82) is 0 Å². The maximum Gasteiger partial charge on any atom is 0.319 e. The van der Waals surface area contributed by atoms with Gasteiger partial charge in [0.15, 0.2) is 0 Å². The van der Waals surface area contributed by atoms with E-state index >= 15 is 0 Å². The highest BCUT2D eigenvalue weighted by Crippen LogP contribution is 2.48. The Labute approximate surface area is 112 Å². The lowest BCUT2D eigenvalue weighted by Crippen LogP contribution is -2.39. The van der Waals surface area contributed by atoms with Crippen molar-refractivity contribution >= 4 is 11.9 Å². The van der Waals surface area contributed by atoms with Crippen LogP contribution in [0.1, 0.15) is 19.3 Å². The summed E-state index contributed by atoms with van der Waals surface area (Å²) in [5.74, 6) is -0.873. The average Bonchev–Trinajstić information content (AvgIpc) is 3.08. The molecule has 0 aromatic rings. The van der Waals surface area contributed by atoms with Gasteiger partial charge in [-0.15, -0.1) is 0 Å². The number of hydrogen-bond donors (Lipinski definition) is 1. The molecule has 6 heteroatoms. The second kappa shape index (κ2) is 5.88. The zero-order chi connectivity index (χ0) is 13.9. The van der Waals surface area contributed by atoms with Crippen LogP contribution in [0, 0.1) is 11.3 Å². The number of rotatable bonds is 7. The minimum atomic E-state index is -1.11. The van der Waals surface area contributed by atoms with Gasteiger partial charge in [-0.1, -0.05) is 0 Å². The Hall–Kier alpha value is -1.14. The highest BCUT2D eigenvalue weighted by Gasteiger charge is 2.59. The summed E-state index contributed by atoms with van der Waals surface area (Å²) in [6.45, 7) is 2.98. The third-order valence-electron chi connectivity index (χ3n) is 3.93. The van der Waals surface area contributed by atoms with Crippen LogP contribution in [0.2, 0.25) is 0 Å². The molecule has 19 heavy (non-hydrogen) atoms. The minimum absolute atomic E-state index is 0.209. The minimum Gasteiger partial charge on any atom is -0.480 e. The molecule has 108 valence electrons. The van der Waals surface area contributed by atoms with E-state index in [4.69, 9.17) is 14.6 Å². The highest BCUT2D eigenvalue weighted by molar-refractivity contribution is 6.04. The summed E-state index contributed by atoms with van der Waals surface area (Å²) in [6, 6.07) is 0. The van der Waals surface area contributed by atoms with Crippen LogP contribution in [0.3, 0.4) is 0 Å². The largest absolute Gasteiger partial charge is 0.480 e. The summed E-state index contributed by atoms with van der Waals surface area (Å²) < 4.78 is 10.3. The second-order valence-corrected chi connectivity index (χ2v) is 5.36. The van der Waals surface area contributed by atoms with Crippen molar-refractivity contribution < 1.29 is 24.2 Å². The van der Waals surface area contributed by atoms with E-state index in [0.29, 0.717) is 51.7 Å². The van der Waals surface area contributed by atoms with Gasteiger partial charge in [0.25, 0.3) is 0 Å². The monoisotopic (exact) mass is 271 g/mol. The summed E-state index contributed by atoms with van der Waals surface area (Å²) in [5, 5.41) is 9.11. The maximum atomic E-state index is 12.2. The van der Waals surface area contributed by atoms with Gasteiger partial charge in [-0.25, -0.2) is 0 Å². The van der Waals surface area contributed by atoms with Gasteiger partial charge >= 0.3 is 5.97 Å². The standard InChI is InChI=1S/C13H21NO5/c1-18-6-7-19-9-10-2-5-14(8-10)11(15)13(3-4-13)12(16)17/h10H,2-9H2,1H3,(H,16,17). The van der Waals surface area contributed by atoms with Gasteiger partial charge in [-0.3, -0.25) is 9.59 Å². The molecule has 1 aliphatic heterocycles. The molecule has 6 nitrogen and oxygen atoms in total. The number of carboxylic acids is 1. The number of carboxylic acid groups (broad SMARTS) is 1. The molecule has 2 rings (SSSR count). The number of methoxy groups -OCH3 is 1. The molecular formula is C13H21NO5. The fourth-order valence-corrected chi connectivity index (χ4v) is 2.49. The molecule has 0 radical (unpaired) electrons. The van der Waals surface area contributed by atoms with Crippen LogP contribution >= 0.6 is 0 Å². The van der Waals surface area contributed by atoms with Crippen molar-refractivity contribution in [3.63, 3.8) is 0 Å². The molecule has 1 atom stereocenters. The Morgan fingerprint density at radius 3 is 2.68 bits per heavy atom. The Bertz CT molecular complexity index is 353. The molecule has 1 saturated carbocycles. The zero-order valence-electron chi connectivity index (χ0n) is 11.3. The molecule has 1 N–H and O–H groups in total. The van der Waals surface area contributed by atoms with Gasteiger partial charge in [0.1, 0.15) is 5.41 Å². The summed E-state index contributed by atoms with van der Waals surface area (Å²) in [4.78, 5) is 25.0. The van der Waals surface area contributed by atoms with Crippen molar-refractivity contribution in [2.75, 3.05) is 40.0 Å². The van der Waals surface area contributed by atoms with Crippen LogP contribution in [-0.2, 0) is 19.1 Å². The van der Waals surface area contributed by atoms with Crippen molar-refractivity contribution in [2.24, 2.45) is 11.3 Å². The first kappa shape index (κ1) is 14.3. The number of aliphatic carboxylic acids is 1. The van der Waals surface area contributed by atoms with E-state index in [1.165, 1.54) is 0 Å². The van der Waals surface area contributed by atoms with E-state index < -0.39 is 11.4 Å². The predicted molar refractivity (Wildman–Crippen MR) is 66.7 cm³/mol. The van der Waals surface area contributed by atoms with Gasteiger partial charge in [-0.2, -0.15) is 0 Å². The number of carbonyl (C=O) groups excluding carboxylic acids is 1. The first-order chi connectivity index (χ1) is 9.10. The van der Waals surface area contributed by atoms with E-state index in [0.717, 1.165) is 6.42 Å². The first-order valence-corrected chi connectivity index (χ1v) is 6.69. The number of likely N-dealkylation sites (tertiary alicyclic amines) is 1. The SMILES string of the molecule is COCCOCC1CCN(C(=O)C2(C(=O)O)CC2)C1. The summed E-state index contributed by atoms with van der Waals surface area (Å²) in [6.07, 6.45) is 1.84. The van der Waals surface area contributed by atoms with Gasteiger partial charge in [-0.05, 0) is 19.3 Å². The van der Waals surface area contributed by atoms with Crippen LogP contribution in [0.5, 0.6) is 0 Å². The number of hydrogen-bond acceptors (Lipinski definition) is 4. The van der Waals surface area contributed by atoms with Crippen LogP contribution in [-0.4, -0.2) is 61.9 Å². The van der Waals surface area contributed by atoms with E-state index in [1.807, 2.05) is 0 Å². The molecule has 0 bridgehead atoms. The van der Waals surface area contributed by atoms with Gasteiger partial charge < -0.3 is 19.5 Å². The quantitative estimate of drug-likeness (QED) is 0.534. The van der Waals surface area contributed by atoms with E-state index in [-0.39, 0.29) is 5.91 Å². The van der Waals surface area contributed by atoms with Crippen LogP contribution in [0.15, 0.2) is 0 Å². The summed E-state index contributed by atoms with van der Waals surface area (Å²) in [7, 11) is 1.63. The molecule has 0 aromatic heterocycles. The Balaban J connectivity index is 1.76. The molecule has 2 aliphatic rings. The lowest BCUT2D eigenvalue weighted by atomic mass is 10.1.